The highest BCUT2D eigenvalue weighted by Crippen LogP contribution is 2.19. The van der Waals surface area contributed by atoms with Crippen LogP contribution in [0.1, 0.15) is 29.6 Å². The average molecular weight is 264 g/mol. The van der Waals surface area contributed by atoms with Gasteiger partial charge in [-0.2, -0.15) is 0 Å². The molecule has 19 heavy (non-hydrogen) atoms. The van der Waals surface area contributed by atoms with Crippen LogP contribution in [0.15, 0.2) is 18.2 Å². The summed E-state index contributed by atoms with van der Waals surface area (Å²) in [5, 5.41) is 5.73. The summed E-state index contributed by atoms with van der Waals surface area (Å²) in [4.78, 5) is 22.3. The second kappa shape index (κ2) is 7.25. The fourth-order valence-corrected chi connectivity index (χ4v) is 1.69. The number of primary amides is 1. The fourth-order valence-electron chi connectivity index (χ4n) is 1.69. The van der Waals surface area contributed by atoms with Gasteiger partial charge in [-0.05, 0) is 31.0 Å². The Hall–Kier alpha value is -2.24. The smallest absolute Gasteiger partial charge is 0.253 e. The Balaban J connectivity index is 2.58. The van der Waals surface area contributed by atoms with Crippen molar-refractivity contribution in [1.82, 2.24) is 5.32 Å². The highest BCUT2D eigenvalue weighted by Gasteiger charge is 2.09. The second-order valence-corrected chi connectivity index (χ2v) is 4.23. The highest BCUT2D eigenvalue weighted by atomic mass is 16.1. The molecule has 0 fully saturated rings. The first-order chi connectivity index (χ1) is 9.04. The van der Waals surface area contributed by atoms with Crippen molar-refractivity contribution < 1.29 is 9.59 Å². The average Bonchev–Trinajstić information content (AvgIpc) is 2.37. The molecule has 0 saturated carbocycles. The van der Waals surface area contributed by atoms with Crippen LogP contribution in [-0.4, -0.2) is 25.4 Å². The molecule has 6 nitrogen and oxygen atoms in total. The van der Waals surface area contributed by atoms with Gasteiger partial charge in [0.1, 0.15) is 0 Å². The monoisotopic (exact) mass is 264 g/mol. The minimum Gasteiger partial charge on any atom is -0.399 e. The van der Waals surface area contributed by atoms with Crippen molar-refractivity contribution in [1.29, 1.82) is 0 Å². The molecule has 1 aromatic rings. The summed E-state index contributed by atoms with van der Waals surface area (Å²) in [5.41, 5.74) is 12.6. The third-order valence-corrected chi connectivity index (χ3v) is 2.68. The standard InChI is InChI=1S/C13H20N4O2/c1-16-13(19)10-6-5-9(14)8-11(10)17-7-3-2-4-12(15)18/h5-6,8,17H,2-4,7,14H2,1H3,(H2,15,18)(H,16,19). The fraction of sp³-hybridized carbons (Fsp3) is 0.385. The Morgan fingerprint density at radius 3 is 2.63 bits per heavy atom. The maximum atomic E-state index is 11.7. The number of hydrogen-bond donors (Lipinski definition) is 4. The predicted molar refractivity (Wildman–Crippen MR) is 75.8 cm³/mol. The molecule has 6 heteroatoms. The molecule has 0 bridgehead atoms. The van der Waals surface area contributed by atoms with E-state index in [4.69, 9.17) is 11.5 Å². The summed E-state index contributed by atoms with van der Waals surface area (Å²) in [6.45, 7) is 0.653. The lowest BCUT2D eigenvalue weighted by atomic mass is 10.1. The number of nitrogens with two attached hydrogens (primary N) is 2. The van der Waals surface area contributed by atoms with Crippen LogP contribution < -0.4 is 22.1 Å². The third-order valence-electron chi connectivity index (χ3n) is 2.68. The normalized spacial score (nSPS) is 9.95. The van der Waals surface area contributed by atoms with Crippen molar-refractivity contribution in [3.8, 4) is 0 Å². The zero-order chi connectivity index (χ0) is 14.3. The molecule has 0 radical (unpaired) electrons. The first-order valence-corrected chi connectivity index (χ1v) is 6.18. The minimum atomic E-state index is -0.296. The number of unbranched alkanes of at least 4 members (excludes halogenated alkanes) is 1. The SMILES string of the molecule is CNC(=O)c1ccc(N)cc1NCCCCC(N)=O. The van der Waals surface area contributed by atoms with E-state index in [2.05, 4.69) is 10.6 Å². The van der Waals surface area contributed by atoms with Gasteiger partial charge in [0.15, 0.2) is 0 Å². The van der Waals surface area contributed by atoms with E-state index in [1.54, 1.807) is 25.2 Å². The van der Waals surface area contributed by atoms with E-state index in [0.29, 0.717) is 29.9 Å². The van der Waals surface area contributed by atoms with E-state index in [9.17, 15) is 9.59 Å². The number of carbonyl (C=O) groups is 2. The van der Waals surface area contributed by atoms with Gasteiger partial charge in [-0.15, -0.1) is 0 Å². The summed E-state index contributed by atoms with van der Waals surface area (Å²) in [6, 6.07) is 5.08. The lowest BCUT2D eigenvalue weighted by Gasteiger charge is -2.11. The summed E-state index contributed by atoms with van der Waals surface area (Å²) in [7, 11) is 1.58. The van der Waals surface area contributed by atoms with Crippen molar-refractivity contribution in [2.24, 2.45) is 5.73 Å². The van der Waals surface area contributed by atoms with Crippen molar-refractivity contribution in [3.05, 3.63) is 23.8 Å². The number of carbonyl (C=O) groups excluding carboxylic acids is 2. The summed E-state index contributed by atoms with van der Waals surface area (Å²) in [6.07, 6.45) is 1.89. The van der Waals surface area contributed by atoms with Crippen LogP contribution in [0.3, 0.4) is 0 Å². The first kappa shape index (κ1) is 14.8. The molecule has 6 N–H and O–H groups in total. The van der Waals surface area contributed by atoms with Gasteiger partial charge in [-0.1, -0.05) is 0 Å². The molecule has 0 unspecified atom stereocenters. The largest absolute Gasteiger partial charge is 0.399 e. The van der Waals surface area contributed by atoms with Crippen LogP contribution in [0.4, 0.5) is 11.4 Å². The Bertz CT molecular complexity index is 460. The zero-order valence-electron chi connectivity index (χ0n) is 11.0. The number of nitrogen functional groups attached to an aromatic ring is 1. The van der Waals surface area contributed by atoms with Gasteiger partial charge in [0.05, 0.1) is 5.56 Å². The summed E-state index contributed by atoms with van der Waals surface area (Å²) >= 11 is 0. The number of amides is 2. The van der Waals surface area contributed by atoms with E-state index in [1.807, 2.05) is 0 Å². The van der Waals surface area contributed by atoms with Crippen molar-refractivity contribution in [3.63, 3.8) is 0 Å². The van der Waals surface area contributed by atoms with E-state index in [-0.39, 0.29) is 11.8 Å². The van der Waals surface area contributed by atoms with Crippen molar-refractivity contribution in [2.45, 2.75) is 19.3 Å². The molecule has 1 rings (SSSR count). The molecule has 0 aliphatic heterocycles. The molecule has 0 saturated heterocycles. The van der Waals surface area contributed by atoms with E-state index >= 15 is 0 Å². The van der Waals surface area contributed by atoms with Gasteiger partial charge in [0.25, 0.3) is 5.91 Å². The Morgan fingerprint density at radius 1 is 1.26 bits per heavy atom. The second-order valence-electron chi connectivity index (χ2n) is 4.23. The van der Waals surface area contributed by atoms with E-state index in [0.717, 1.165) is 12.8 Å². The van der Waals surface area contributed by atoms with Gasteiger partial charge >= 0.3 is 0 Å². The quantitative estimate of drug-likeness (QED) is 0.429. The summed E-state index contributed by atoms with van der Waals surface area (Å²) in [5.74, 6) is -0.463. The van der Waals surface area contributed by atoms with Crippen LogP contribution in [-0.2, 0) is 4.79 Å². The van der Waals surface area contributed by atoms with Crippen LogP contribution in [0.2, 0.25) is 0 Å². The number of nitrogens with one attached hydrogen (secondary N) is 2. The molecule has 0 atom stereocenters. The third kappa shape index (κ3) is 4.87. The van der Waals surface area contributed by atoms with Gasteiger partial charge in [-0.25, -0.2) is 0 Å². The maximum absolute atomic E-state index is 11.7. The molecule has 1 aromatic carbocycles. The van der Waals surface area contributed by atoms with Gasteiger partial charge in [0.2, 0.25) is 5.91 Å². The Morgan fingerprint density at radius 2 is 2.00 bits per heavy atom. The Kier molecular flexibility index (Phi) is 5.66. The zero-order valence-corrected chi connectivity index (χ0v) is 11.0. The highest BCUT2D eigenvalue weighted by molar-refractivity contribution is 6.00. The minimum absolute atomic E-state index is 0.167. The Labute approximate surface area is 112 Å². The number of rotatable bonds is 7. The molecule has 0 aliphatic rings. The number of benzene rings is 1. The maximum Gasteiger partial charge on any atom is 0.253 e. The molecule has 0 heterocycles. The topological polar surface area (TPSA) is 110 Å². The molecular formula is C13H20N4O2. The first-order valence-electron chi connectivity index (χ1n) is 6.18. The predicted octanol–water partition coefficient (Wildman–Crippen LogP) is 0.696. The molecular weight excluding hydrogens is 244 g/mol. The molecule has 0 spiro atoms. The molecule has 2 amide bonds. The van der Waals surface area contributed by atoms with E-state index < -0.39 is 0 Å². The van der Waals surface area contributed by atoms with Crippen LogP contribution in [0, 0.1) is 0 Å². The van der Waals surface area contributed by atoms with Crippen molar-refractivity contribution in [2.75, 3.05) is 24.6 Å². The summed E-state index contributed by atoms with van der Waals surface area (Å²) < 4.78 is 0. The van der Waals surface area contributed by atoms with Crippen LogP contribution in [0.5, 0.6) is 0 Å². The lowest BCUT2D eigenvalue weighted by Crippen LogP contribution is -2.20. The molecule has 0 aromatic heterocycles. The molecule has 104 valence electrons. The van der Waals surface area contributed by atoms with Gasteiger partial charge < -0.3 is 22.1 Å². The van der Waals surface area contributed by atoms with Gasteiger partial charge in [-0.3, -0.25) is 9.59 Å². The van der Waals surface area contributed by atoms with E-state index in [1.165, 1.54) is 0 Å². The number of anilines is 2. The van der Waals surface area contributed by atoms with Gasteiger partial charge in [0, 0.05) is 31.4 Å². The molecule has 0 aliphatic carbocycles. The van der Waals surface area contributed by atoms with Crippen molar-refractivity contribution >= 4 is 23.2 Å². The lowest BCUT2D eigenvalue weighted by molar-refractivity contribution is -0.118. The van der Waals surface area contributed by atoms with Crippen LogP contribution in [0.25, 0.3) is 0 Å². The number of hydrogen-bond acceptors (Lipinski definition) is 4. The van der Waals surface area contributed by atoms with Crippen LogP contribution >= 0.6 is 0 Å².